The van der Waals surface area contributed by atoms with Crippen LogP contribution >= 0.6 is 0 Å². The Morgan fingerprint density at radius 1 is 1.10 bits per heavy atom. The highest BCUT2D eigenvalue weighted by molar-refractivity contribution is 7.89. The molecule has 0 bridgehead atoms. The Morgan fingerprint density at radius 3 is 2.19 bits per heavy atom. The van der Waals surface area contributed by atoms with Crippen LogP contribution in [0.5, 0.6) is 11.5 Å². The lowest BCUT2D eigenvalue weighted by Gasteiger charge is -2.38. The van der Waals surface area contributed by atoms with Crippen LogP contribution in [0, 0.1) is 0 Å². The topological polar surface area (TPSA) is 67.9 Å². The lowest BCUT2D eigenvalue weighted by molar-refractivity contribution is 0.220. The van der Waals surface area contributed by atoms with Gasteiger partial charge in [-0.3, -0.25) is 0 Å². The smallest absolute Gasteiger partial charge is 0.243 e. The van der Waals surface area contributed by atoms with Crippen LogP contribution < -0.4 is 14.8 Å². The molecule has 1 saturated heterocycles. The van der Waals surface area contributed by atoms with E-state index in [1.807, 2.05) is 13.8 Å². The van der Waals surface area contributed by atoms with Gasteiger partial charge in [-0.25, -0.2) is 8.42 Å². The summed E-state index contributed by atoms with van der Waals surface area (Å²) in [7, 11) is -0.549. The summed E-state index contributed by atoms with van der Waals surface area (Å²) in [5.74, 6) is 0.923. The van der Waals surface area contributed by atoms with Crippen LogP contribution in [0.25, 0.3) is 0 Å². The average molecular weight is 314 g/mol. The van der Waals surface area contributed by atoms with Gasteiger partial charge in [0.05, 0.1) is 19.1 Å². The molecule has 0 saturated carbocycles. The molecule has 0 aromatic heterocycles. The molecule has 0 aliphatic carbocycles. The maximum Gasteiger partial charge on any atom is 0.243 e. The van der Waals surface area contributed by atoms with Crippen LogP contribution in [0.15, 0.2) is 23.1 Å². The maximum atomic E-state index is 12.9. The zero-order chi connectivity index (χ0) is 15.6. The molecular formula is C14H22N2O4S. The Hall–Kier alpha value is -1.31. The molecule has 21 heavy (non-hydrogen) atoms. The van der Waals surface area contributed by atoms with Gasteiger partial charge < -0.3 is 14.8 Å². The second-order valence-electron chi connectivity index (χ2n) is 5.21. The van der Waals surface area contributed by atoms with E-state index in [-0.39, 0.29) is 17.0 Å². The summed E-state index contributed by atoms with van der Waals surface area (Å²) in [6, 6.07) is 4.50. The largest absolute Gasteiger partial charge is 0.493 e. The van der Waals surface area contributed by atoms with Gasteiger partial charge in [-0.05, 0) is 26.0 Å². The number of ether oxygens (including phenoxy) is 2. The Morgan fingerprint density at radius 2 is 1.67 bits per heavy atom. The first kappa shape index (κ1) is 16.1. The van der Waals surface area contributed by atoms with Crippen molar-refractivity contribution in [2.75, 3.05) is 27.3 Å². The summed E-state index contributed by atoms with van der Waals surface area (Å²) in [6.07, 6.45) is 0. The van der Waals surface area contributed by atoms with Crippen molar-refractivity contribution in [2.24, 2.45) is 0 Å². The predicted octanol–water partition coefficient (Wildman–Crippen LogP) is 1.07. The monoisotopic (exact) mass is 314 g/mol. The van der Waals surface area contributed by atoms with Gasteiger partial charge in [0.15, 0.2) is 11.5 Å². The molecule has 1 aromatic carbocycles. The van der Waals surface area contributed by atoms with Gasteiger partial charge in [0.2, 0.25) is 10.0 Å². The van der Waals surface area contributed by atoms with Crippen molar-refractivity contribution in [3.8, 4) is 11.5 Å². The van der Waals surface area contributed by atoms with E-state index in [0.29, 0.717) is 24.6 Å². The number of sulfonamides is 1. The first-order valence-electron chi connectivity index (χ1n) is 6.88. The third kappa shape index (κ3) is 3.00. The van der Waals surface area contributed by atoms with Crippen LogP contribution in [0.2, 0.25) is 0 Å². The van der Waals surface area contributed by atoms with Crippen molar-refractivity contribution in [3.05, 3.63) is 18.2 Å². The van der Waals surface area contributed by atoms with Crippen LogP contribution in [0.4, 0.5) is 0 Å². The third-order valence-electron chi connectivity index (χ3n) is 3.68. The van der Waals surface area contributed by atoms with Crippen molar-refractivity contribution in [1.29, 1.82) is 0 Å². The van der Waals surface area contributed by atoms with Crippen LogP contribution in [0.3, 0.4) is 0 Å². The molecule has 2 atom stereocenters. The second-order valence-corrected chi connectivity index (χ2v) is 7.05. The highest BCUT2D eigenvalue weighted by Crippen LogP contribution is 2.32. The summed E-state index contributed by atoms with van der Waals surface area (Å²) in [4.78, 5) is 0.223. The number of hydrogen-bond donors (Lipinski definition) is 1. The Kier molecular flexibility index (Phi) is 4.75. The van der Waals surface area contributed by atoms with Crippen molar-refractivity contribution < 1.29 is 17.9 Å². The van der Waals surface area contributed by atoms with Gasteiger partial charge in [0, 0.05) is 31.2 Å². The summed E-state index contributed by atoms with van der Waals surface area (Å²) in [6.45, 7) is 5.11. The minimum atomic E-state index is -3.56. The molecule has 118 valence electrons. The summed E-state index contributed by atoms with van der Waals surface area (Å²) >= 11 is 0. The van der Waals surface area contributed by atoms with E-state index in [9.17, 15) is 8.42 Å². The highest BCUT2D eigenvalue weighted by atomic mass is 32.2. The first-order chi connectivity index (χ1) is 9.91. The second kappa shape index (κ2) is 6.21. The number of methoxy groups -OCH3 is 2. The minimum Gasteiger partial charge on any atom is -0.493 e. The normalized spacial score (nSPS) is 23.8. The van der Waals surface area contributed by atoms with Gasteiger partial charge in [0.25, 0.3) is 0 Å². The highest BCUT2D eigenvalue weighted by Gasteiger charge is 2.36. The molecule has 0 amide bonds. The zero-order valence-electron chi connectivity index (χ0n) is 12.8. The summed E-state index contributed by atoms with van der Waals surface area (Å²) in [5, 5.41) is 3.23. The van der Waals surface area contributed by atoms with Crippen LogP contribution in [0.1, 0.15) is 13.8 Å². The molecule has 7 heteroatoms. The van der Waals surface area contributed by atoms with Crippen molar-refractivity contribution >= 4 is 10.0 Å². The molecule has 1 aliphatic rings. The van der Waals surface area contributed by atoms with Crippen LogP contribution in [-0.2, 0) is 10.0 Å². The lowest BCUT2D eigenvalue weighted by atomic mass is 10.2. The van der Waals surface area contributed by atoms with E-state index in [1.54, 1.807) is 16.4 Å². The van der Waals surface area contributed by atoms with Gasteiger partial charge in [-0.15, -0.1) is 0 Å². The van der Waals surface area contributed by atoms with Gasteiger partial charge in [-0.1, -0.05) is 0 Å². The van der Waals surface area contributed by atoms with Gasteiger partial charge in [0.1, 0.15) is 0 Å². The van der Waals surface area contributed by atoms with Crippen molar-refractivity contribution in [2.45, 2.75) is 30.8 Å². The zero-order valence-corrected chi connectivity index (χ0v) is 13.6. The lowest BCUT2D eigenvalue weighted by Crippen LogP contribution is -2.57. The van der Waals surface area contributed by atoms with E-state index in [1.165, 1.54) is 20.3 Å². The molecule has 1 N–H and O–H groups in total. The van der Waals surface area contributed by atoms with E-state index in [4.69, 9.17) is 9.47 Å². The SMILES string of the molecule is COc1ccc(S(=O)(=O)N2[C@H](C)CNC[C@@H]2C)cc1OC. The number of piperazine rings is 1. The molecule has 1 aromatic rings. The minimum absolute atomic E-state index is 0.0909. The molecule has 6 nitrogen and oxygen atoms in total. The van der Waals surface area contributed by atoms with Gasteiger partial charge in [-0.2, -0.15) is 4.31 Å². The predicted molar refractivity (Wildman–Crippen MR) is 80.4 cm³/mol. The Bertz CT molecular complexity index is 593. The van der Waals surface area contributed by atoms with Gasteiger partial charge >= 0.3 is 0 Å². The quantitative estimate of drug-likeness (QED) is 0.900. The molecular weight excluding hydrogens is 292 g/mol. The van der Waals surface area contributed by atoms with E-state index < -0.39 is 10.0 Å². The number of rotatable bonds is 4. The number of hydrogen-bond acceptors (Lipinski definition) is 5. The standard InChI is InChI=1S/C14H22N2O4S/c1-10-8-15-9-11(2)16(10)21(17,18)12-5-6-13(19-3)14(7-12)20-4/h5-7,10-11,15H,8-9H2,1-4H3/t10-,11+. The number of benzene rings is 1. The summed E-state index contributed by atoms with van der Waals surface area (Å²) in [5.41, 5.74) is 0. The van der Waals surface area contributed by atoms with E-state index in [0.717, 1.165) is 0 Å². The number of nitrogens with one attached hydrogen (secondary N) is 1. The Labute approximate surface area is 126 Å². The van der Waals surface area contributed by atoms with E-state index >= 15 is 0 Å². The molecule has 1 heterocycles. The molecule has 1 fully saturated rings. The fourth-order valence-electron chi connectivity index (χ4n) is 2.69. The Balaban J connectivity index is 2.43. The maximum absolute atomic E-state index is 12.9. The molecule has 1 aliphatic heterocycles. The van der Waals surface area contributed by atoms with Crippen molar-refractivity contribution in [3.63, 3.8) is 0 Å². The fourth-order valence-corrected chi connectivity index (χ4v) is 4.52. The van der Waals surface area contributed by atoms with Crippen molar-refractivity contribution in [1.82, 2.24) is 9.62 Å². The first-order valence-corrected chi connectivity index (χ1v) is 8.32. The molecule has 0 unspecified atom stereocenters. The molecule has 0 radical (unpaired) electrons. The third-order valence-corrected chi connectivity index (χ3v) is 5.80. The molecule has 0 spiro atoms. The van der Waals surface area contributed by atoms with Crippen LogP contribution in [-0.4, -0.2) is 52.1 Å². The average Bonchev–Trinajstić information content (AvgIpc) is 2.46. The summed E-state index contributed by atoms with van der Waals surface area (Å²) < 4.78 is 37.7. The fraction of sp³-hybridized carbons (Fsp3) is 0.571. The molecule has 2 rings (SSSR count). The van der Waals surface area contributed by atoms with E-state index in [2.05, 4.69) is 5.32 Å². The number of nitrogens with zero attached hydrogens (tertiary/aromatic N) is 1.